The van der Waals surface area contributed by atoms with Crippen LogP contribution in [0.2, 0.25) is 0 Å². The zero-order valence-corrected chi connectivity index (χ0v) is 21.1. The van der Waals surface area contributed by atoms with Crippen LogP contribution in [0.25, 0.3) is 5.69 Å². The van der Waals surface area contributed by atoms with Crippen molar-refractivity contribution in [2.75, 3.05) is 43.5 Å². The Morgan fingerprint density at radius 2 is 1.76 bits per heavy atom. The first-order valence-corrected chi connectivity index (χ1v) is 11.9. The molecule has 0 radical (unpaired) electrons. The lowest BCUT2D eigenvalue weighted by molar-refractivity contribution is -0.142. The summed E-state index contributed by atoms with van der Waals surface area (Å²) in [7, 11) is 3.49. The summed E-state index contributed by atoms with van der Waals surface area (Å²) in [6.45, 7) is 2.92. The first kappa shape index (κ1) is 26.9. The van der Waals surface area contributed by atoms with Crippen molar-refractivity contribution in [2.45, 2.75) is 19.5 Å². The Morgan fingerprint density at radius 3 is 2.37 bits per heavy atom. The molecule has 2 aromatic carbocycles. The van der Waals surface area contributed by atoms with E-state index in [9.17, 15) is 27.6 Å². The molecule has 2 heterocycles. The fraction of sp³-hybridized carbons (Fsp3) is 0.308. The summed E-state index contributed by atoms with van der Waals surface area (Å²) in [6, 6.07) is 12.3. The first-order valence-electron chi connectivity index (χ1n) is 11.9. The van der Waals surface area contributed by atoms with Gasteiger partial charge >= 0.3 is 6.18 Å². The minimum Gasteiger partial charge on any atom is -0.366 e. The van der Waals surface area contributed by atoms with Gasteiger partial charge in [-0.3, -0.25) is 19.3 Å². The third-order valence-corrected chi connectivity index (χ3v) is 6.53. The van der Waals surface area contributed by atoms with Gasteiger partial charge in [0.15, 0.2) is 5.69 Å². The molecule has 200 valence electrons. The van der Waals surface area contributed by atoms with Gasteiger partial charge in [-0.15, -0.1) is 0 Å². The van der Waals surface area contributed by atoms with E-state index >= 15 is 0 Å². The highest BCUT2D eigenvalue weighted by Crippen LogP contribution is 2.37. The molecule has 1 aromatic heterocycles. The molecule has 0 fully saturated rings. The zero-order valence-electron chi connectivity index (χ0n) is 21.1. The molecule has 38 heavy (non-hydrogen) atoms. The van der Waals surface area contributed by atoms with E-state index in [0.29, 0.717) is 11.4 Å². The van der Waals surface area contributed by atoms with Crippen molar-refractivity contribution in [1.29, 1.82) is 0 Å². The fourth-order valence-corrected chi connectivity index (χ4v) is 4.26. The number of benzene rings is 2. The van der Waals surface area contributed by atoms with Crippen LogP contribution in [0.4, 0.5) is 24.5 Å². The van der Waals surface area contributed by atoms with Crippen LogP contribution in [-0.4, -0.2) is 66.1 Å². The van der Waals surface area contributed by atoms with Gasteiger partial charge in [0.1, 0.15) is 5.69 Å². The number of hydrogen-bond donors (Lipinski definition) is 1. The van der Waals surface area contributed by atoms with E-state index in [1.165, 1.54) is 34.1 Å². The number of hydrogen-bond acceptors (Lipinski definition) is 5. The normalized spacial score (nSPS) is 13.6. The average Bonchev–Trinajstić information content (AvgIpc) is 3.30. The van der Waals surface area contributed by atoms with Gasteiger partial charge in [0, 0.05) is 36.1 Å². The Morgan fingerprint density at radius 1 is 1.08 bits per heavy atom. The van der Waals surface area contributed by atoms with Crippen molar-refractivity contribution in [2.24, 2.45) is 5.73 Å². The minimum atomic E-state index is -4.77. The monoisotopic (exact) mass is 528 g/mol. The SMILES string of the molecule is CCN(C)CC(=O)N(C)c1ccc(N2CCc3c(C(F)(F)F)nn(-c4cccc(C(N)=O)c4)c3C2=O)cc1. The van der Waals surface area contributed by atoms with Gasteiger partial charge in [-0.05, 0) is 62.5 Å². The Kier molecular flexibility index (Phi) is 7.27. The van der Waals surface area contributed by atoms with Crippen LogP contribution in [0.5, 0.6) is 0 Å². The molecule has 1 aliphatic rings. The van der Waals surface area contributed by atoms with Gasteiger partial charge in [-0.1, -0.05) is 13.0 Å². The second-order valence-electron chi connectivity index (χ2n) is 9.01. The van der Waals surface area contributed by atoms with Crippen LogP contribution in [0, 0.1) is 0 Å². The number of rotatable bonds is 7. The Balaban J connectivity index is 1.69. The summed E-state index contributed by atoms with van der Waals surface area (Å²) in [5.74, 6) is -1.54. The fourth-order valence-electron chi connectivity index (χ4n) is 4.26. The van der Waals surface area contributed by atoms with Crippen molar-refractivity contribution in [3.8, 4) is 5.69 Å². The van der Waals surface area contributed by atoms with Gasteiger partial charge in [-0.25, -0.2) is 4.68 Å². The Bertz CT molecular complexity index is 1380. The number of likely N-dealkylation sites (N-methyl/N-ethyl adjacent to an activating group) is 2. The van der Waals surface area contributed by atoms with E-state index in [0.717, 1.165) is 11.2 Å². The van der Waals surface area contributed by atoms with Gasteiger partial charge in [0.2, 0.25) is 11.8 Å². The molecule has 2 N–H and O–H groups in total. The van der Waals surface area contributed by atoms with Crippen molar-refractivity contribution in [3.63, 3.8) is 0 Å². The predicted octanol–water partition coefficient (Wildman–Crippen LogP) is 3.11. The topological polar surface area (TPSA) is 105 Å². The third kappa shape index (κ3) is 5.12. The van der Waals surface area contributed by atoms with Crippen LogP contribution in [0.3, 0.4) is 0 Å². The van der Waals surface area contributed by atoms with Crippen molar-refractivity contribution < 1.29 is 27.6 Å². The van der Waals surface area contributed by atoms with Gasteiger partial charge in [0.25, 0.3) is 5.91 Å². The largest absolute Gasteiger partial charge is 0.435 e. The number of carbonyl (C=O) groups is 3. The third-order valence-electron chi connectivity index (χ3n) is 6.53. The van der Waals surface area contributed by atoms with E-state index < -0.39 is 23.7 Å². The van der Waals surface area contributed by atoms with Crippen molar-refractivity contribution in [3.05, 3.63) is 71.0 Å². The zero-order chi connectivity index (χ0) is 27.8. The highest BCUT2D eigenvalue weighted by atomic mass is 19.4. The first-order chi connectivity index (χ1) is 17.9. The molecule has 0 atom stereocenters. The number of nitrogens with two attached hydrogens (primary N) is 1. The predicted molar refractivity (Wildman–Crippen MR) is 135 cm³/mol. The van der Waals surface area contributed by atoms with Crippen LogP contribution in [-0.2, 0) is 17.4 Å². The summed E-state index contributed by atoms with van der Waals surface area (Å²) in [5.41, 5.74) is 5.00. The second-order valence-corrected chi connectivity index (χ2v) is 9.01. The maximum absolute atomic E-state index is 13.8. The Labute approximate surface area is 217 Å². The molecule has 12 heteroatoms. The summed E-state index contributed by atoms with van der Waals surface area (Å²) < 4.78 is 42.4. The molecular formula is C26H27F3N6O3. The van der Waals surface area contributed by atoms with E-state index in [4.69, 9.17) is 5.73 Å². The summed E-state index contributed by atoms with van der Waals surface area (Å²) in [5, 5.41) is 3.74. The van der Waals surface area contributed by atoms with Gasteiger partial charge in [0.05, 0.1) is 12.2 Å². The quantitative estimate of drug-likeness (QED) is 0.508. The number of fused-ring (bicyclic) bond motifs is 1. The summed E-state index contributed by atoms with van der Waals surface area (Å²) in [6.07, 6.45) is -4.85. The molecule has 9 nitrogen and oxygen atoms in total. The number of aromatic nitrogens is 2. The van der Waals surface area contributed by atoms with E-state index in [1.54, 1.807) is 31.3 Å². The van der Waals surface area contributed by atoms with E-state index in [2.05, 4.69) is 5.10 Å². The molecule has 1 aliphatic heterocycles. The average molecular weight is 529 g/mol. The number of primary amides is 1. The number of amides is 3. The minimum absolute atomic E-state index is 0.0113. The lowest BCUT2D eigenvalue weighted by Crippen LogP contribution is -2.39. The maximum atomic E-state index is 13.8. The molecule has 0 saturated heterocycles. The molecule has 4 rings (SSSR count). The number of nitrogens with zero attached hydrogens (tertiary/aromatic N) is 5. The van der Waals surface area contributed by atoms with Crippen molar-refractivity contribution in [1.82, 2.24) is 14.7 Å². The van der Waals surface area contributed by atoms with Crippen LogP contribution in [0.1, 0.15) is 39.0 Å². The molecule has 0 unspecified atom stereocenters. The lowest BCUT2D eigenvalue weighted by atomic mass is 10.0. The van der Waals surface area contributed by atoms with E-state index in [-0.39, 0.29) is 47.9 Å². The molecule has 0 aliphatic carbocycles. The van der Waals surface area contributed by atoms with Crippen LogP contribution >= 0.6 is 0 Å². The van der Waals surface area contributed by atoms with Crippen LogP contribution < -0.4 is 15.5 Å². The lowest BCUT2D eigenvalue weighted by Gasteiger charge is -2.28. The molecule has 0 bridgehead atoms. The van der Waals surface area contributed by atoms with Gasteiger partial charge < -0.3 is 15.5 Å². The van der Waals surface area contributed by atoms with Crippen LogP contribution in [0.15, 0.2) is 48.5 Å². The molecular weight excluding hydrogens is 501 g/mol. The Hall–Kier alpha value is -4.19. The number of anilines is 2. The molecule has 0 spiro atoms. The highest BCUT2D eigenvalue weighted by molar-refractivity contribution is 6.08. The number of carbonyl (C=O) groups excluding carboxylic acids is 3. The maximum Gasteiger partial charge on any atom is 0.435 e. The molecule has 0 saturated carbocycles. The van der Waals surface area contributed by atoms with E-state index in [1.807, 2.05) is 18.9 Å². The highest BCUT2D eigenvalue weighted by Gasteiger charge is 2.43. The molecule has 3 aromatic rings. The summed E-state index contributed by atoms with van der Waals surface area (Å²) in [4.78, 5) is 42.5. The standard InChI is InChI=1S/C26H27F3N6O3/c1-4-32(2)15-21(36)33(3)17-8-10-18(11-9-17)34-13-12-20-22(25(34)38)35(31-23(20)26(27,28)29)19-7-5-6-16(14-19)24(30)37/h5-11,14H,4,12-13,15H2,1-3H3,(H2,30,37). The van der Waals surface area contributed by atoms with Crippen molar-refractivity contribution >= 4 is 29.1 Å². The second kappa shape index (κ2) is 10.3. The molecule has 3 amide bonds. The number of halogens is 3. The summed E-state index contributed by atoms with van der Waals surface area (Å²) >= 11 is 0. The smallest absolute Gasteiger partial charge is 0.366 e. The number of alkyl halides is 3. The van der Waals surface area contributed by atoms with Gasteiger partial charge in [-0.2, -0.15) is 18.3 Å².